The molecule has 2 fully saturated rings. The second kappa shape index (κ2) is 4.86. The molecule has 0 aromatic heterocycles. The Balaban J connectivity index is 2.31. The molecule has 0 amide bonds. The summed E-state index contributed by atoms with van der Waals surface area (Å²) in [7, 11) is 0. The third kappa shape index (κ3) is 2.35. The minimum absolute atomic E-state index is 0.0201. The largest absolute Gasteiger partial charge is 0.389 e. The molecule has 0 aliphatic heterocycles. The van der Waals surface area contributed by atoms with E-state index in [0.29, 0.717) is 11.2 Å². The molecule has 0 bridgehead atoms. The minimum atomic E-state index is -0.654. The highest BCUT2D eigenvalue weighted by Gasteiger charge is 2.63. The lowest BCUT2D eigenvalue weighted by Crippen LogP contribution is -2.58. The highest BCUT2D eigenvalue weighted by atomic mass is 79.9. The van der Waals surface area contributed by atoms with Gasteiger partial charge in [0.15, 0.2) is 0 Å². The first-order valence-electron chi connectivity index (χ1n) is 7.16. The third-order valence-electron chi connectivity index (χ3n) is 6.33. The van der Waals surface area contributed by atoms with Crippen LogP contribution in [0.1, 0.15) is 59.8 Å². The van der Waals surface area contributed by atoms with Crippen molar-refractivity contribution in [2.24, 2.45) is 10.8 Å². The highest BCUT2D eigenvalue weighted by molar-refractivity contribution is 9.10. The predicted molar refractivity (Wildman–Crippen MR) is 89.6 cm³/mol. The number of hydrogen-bond acceptors (Lipinski definition) is 1. The Morgan fingerprint density at radius 3 is 2.11 bits per heavy atom. The summed E-state index contributed by atoms with van der Waals surface area (Å²) in [6.07, 6.45) is 4.63. The average Bonchev–Trinajstić information content (AvgIpc) is 2.50. The van der Waals surface area contributed by atoms with Crippen molar-refractivity contribution in [3.63, 3.8) is 0 Å². The van der Waals surface area contributed by atoms with Gasteiger partial charge in [-0.3, -0.25) is 0 Å². The SMILES string of the molecule is CC1(Br)CCC(O)(C2(C)CCC(Br)C2(C)C)CC1Cl. The molecular weight excluding hydrogens is 391 g/mol. The molecule has 1 nitrogen and oxygen atoms in total. The van der Waals surface area contributed by atoms with Gasteiger partial charge in [0.05, 0.1) is 11.0 Å². The maximum Gasteiger partial charge on any atom is 0.0721 e. The summed E-state index contributed by atoms with van der Waals surface area (Å²) < 4.78 is -0.0479. The van der Waals surface area contributed by atoms with Crippen LogP contribution in [0.25, 0.3) is 0 Å². The molecule has 4 heteroatoms. The van der Waals surface area contributed by atoms with Crippen molar-refractivity contribution in [3.8, 4) is 0 Å². The van der Waals surface area contributed by atoms with Gasteiger partial charge in [-0.1, -0.05) is 52.6 Å². The van der Waals surface area contributed by atoms with Gasteiger partial charge >= 0.3 is 0 Å². The van der Waals surface area contributed by atoms with Crippen LogP contribution >= 0.6 is 43.5 Å². The van der Waals surface area contributed by atoms with Gasteiger partial charge in [0.1, 0.15) is 0 Å². The van der Waals surface area contributed by atoms with Crippen LogP contribution in [0.5, 0.6) is 0 Å². The number of halogens is 3. The van der Waals surface area contributed by atoms with Crippen LogP contribution < -0.4 is 0 Å². The number of alkyl halides is 3. The van der Waals surface area contributed by atoms with E-state index in [4.69, 9.17) is 11.6 Å². The lowest BCUT2D eigenvalue weighted by Gasteiger charge is -2.56. The summed E-state index contributed by atoms with van der Waals surface area (Å²) in [5.74, 6) is 0. The Hall–Kier alpha value is 1.21. The van der Waals surface area contributed by atoms with E-state index < -0.39 is 5.60 Å². The summed E-state index contributed by atoms with van der Waals surface area (Å²) in [5.41, 5.74) is -0.651. The van der Waals surface area contributed by atoms with E-state index in [0.717, 1.165) is 25.7 Å². The van der Waals surface area contributed by atoms with Crippen LogP contribution in [0.4, 0.5) is 0 Å². The Morgan fingerprint density at radius 2 is 1.68 bits per heavy atom. The summed E-state index contributed by atoms with van der Waals surface area (Å²) in [6, 6.07) is 0. The van der Waals surface area contributed by atoms with Crippen molar-refractivity contribution >= 4 is 43.5 Å². The Bertz CT molecular complexity index is 371. The van der Waals surface area contributed by atoms with E-state index in [1.807, 2.05) is 0 Å². The van der Waals surface area contributed by atoms with E-state index in [2.05, 4.69) is 59.6 Å². The fraction of sp³-hybridized carbons (Fsp3) is 1.00. The zero-order valence-corrected chi connectivity index (χ0v) is 16.2. The molecule has 0 saturated heterocycles. The van der Waals surface area contributed by atoms with Crippen molar-refractivity contribution in [1.82, 2.24) is 0 Å². The van der Waals surface area contributed by atoms with Gasteiger partial charge in [-0.25, -0.2) is 0 Å². The molecule has 0 aromatic carbocycles. The molecule has 5 unspecified atom stereocenters. The van der Waals surface area contributed by atoms with Crippen LogP contribution in [0.2, 0.25) is 0 Å². The zero-order chi connectivity index (χ0) is 14.7. The molecule has 0 spiro atoms. The van der Waals surface area contributed by atoms with Crippen LogP contribution in [0.15, 0.2) is 0 Å². The first-order chi connectivity index (χ1) is 8.46. The maximum atomic E-state index is 11.4. The topological polar surface area (TPSA) is 20.2 Å². The van der Waals surface area contributed by atoms with Gasteiger partial charge in [0.25, 0.3) is 0 Å². The lowest BCUT2D eigenvalue weighted by molar-refractivity contribution is -0.142. The molecule has 19 heavy (non-hydrogen) atoms. The quantitative estimate of drug-likeness (QED) is 0.579. The monoisotopic (exact) mass is 414 g/mol. The van der Waals surface area contributed by atoms with E-state index in [-0.39, 0.29) is 20.5 Å². The summed E-state index contributed by atoms with van der Waals surface area (Å²) in [4.78, 5) is 0.472. The molecule has 0 radical (unpaired) electrons. The zero-order valence-electron chi connectivity index (χ0n) is 12.3. The first-order valence-corrected chi connectivity index (χ1v) is 9.30. The smallest absolute Gasteiger partial charge is 0.0721 e. The van der Waals surface area contributed by atoms with Gasteiger partial charge < -0.3 is 5.11 Å². The second-order valence-corrected chi connectivity index (χ2v) is 11.0. The van der Waals surface area contributed by atoms with Crippen LogP contribution in [0.3, 0.4) is 0 Å². The van der Waals surface area contributed by atoms with Gasteiger partial charge in [-0.05, 0) is 44.4 Å². The molecule has 2 rings (SSSR count). The van der Waals surface area contributed by atoms with E-state index in [9.17, 15) is 5.11 Å². The lowest BCUT2D eigenvalue weighted by atomic mass is 9.55. The molecule has 2 aliphatic rings. The van der Waals surface area contributed by atoms with Gasteiger partial charge in [-0.15, -0.1) is 11.6 Å². The van der Waals surface area contributed by atoms with Crippen LogP contribution in [-0.2, 0) is 0 Å². The first kappa shape index (κ1) is 16.6. The normalized spacial score (nSPS) is 54.3. The molecule has 0 heterocycles. The van der Waals surface area contributed by atoms with Crippen molar-refractivity contribution < 1.29 is 5.11 Å². The van der Waals surface area contributed by atoms with Crippen molar-refractivity contribution in [3.05, 3.63) is 0 Å². The molecular formula is C15H25Br2ClO. The molecule has 112 valence electrons. The Morgan fingerprint density at radius 1 is 1.11 bits per heavy atom. The molecule has 0 aromatic rings. The summed E-state index contributed by atoms with van der Waals surface area (Å²) in [5, 5.41) is 11.3. The van der Waals surface area contributed by atoms with E-state index in [1.165, 1.54) is 0 Å². The molecule has 2 aliphatic carbocycles. The van der Waals surface area contributed by atoms with Crippen LogP contribution in [0, 0.1) is 10.8 Å². The molecule has 2 saturated carbocycles. The summed E-state index contributed by atoms with van der Waals surface area (Å²) >= 11 is 14.1. The van der Waals surface area contributed by atoms with Crippen molar-refractivity contribution in [2.45, 2.75) is 79.9 Å². The van der Waals surface area contributed by atoms with Crippen molar-refractivity contribution in [2.75, 3.05) is 0 Å². The van der Waals surface area contributed by atoms with Crippen LogP contribution in [-0.4, -0.2) is 25.2 Å². The van der Waals surface area contributed by atoms with E-state index >= 15 is 0 Å². The standard InChI is InChI=1S/C15H25Br2ClO/c1-12(2)10(16)5-6-14(12,4)15(19)8-7-13(3,17)11(18)9-15/h10-11,19H,5-9H2,1-4H3. The second-order valence-electron chi connectivity index (χ2n) is 7.54. The summed E-state index contributed by atoms with van der Waals surface area (Å²) in [6.45, 7) is 8.96. The number of rotatable bonds is 1. The van der Waals surface area contributed by atoms with E-state index in [1.54, 1.807) is 0 Å². The van der Waals surface area contributed by atoms with Crippen molar-refractivity contribution in [1.29, 1.82) is 0 Å². The number of aliphatic hydroxyl groups is 1. The van der Waals surface area contributed by atoms with Gasteiger partial charge in [0.2, 0.25) is 0 Å². The fourth-order valence-corrected chi connectivity index (χ4v) is 5.46. The maximum absolute atomic E-state index is 11.4. The average molecular weight is 417 g/mol. The van der Waals surface area contributed by atoms with Gasteiger partial charge in [0, 0.05) is 14.6 Å². The Labute approximate surface area is 139 Å². The molecule has 1 N–H and O–H groups in total. The fourth-order valence-electron chi connectivity index (χ4n) is 4.00. The number of hydrogen-bond donors (Lipinski definition) is 1. The highest BCUT2D eigenvalue weighted by Crippen LogP contribution is 2.64. The minimum Gasteiger partial charge on any atom is -0.389 e. The Kier molecular flexibility index (Phi) is 4.24. The third-order valence-corrected chi connectivity index (χ3v) is 9.78. The van der Waals surface area contributed by atoms with Gasteiger partial charge in [-0.2, -0.15) is 0 Å². The molecule has 5 atom stereocenters. The predicted octanol–water partition coefficient (Wildman–Crippen LogP) is 5.25.